The van der Waals surface area contributed by atoms with Crippen LogP contribution in [0.1, 0.15) is 62.3 Å². The molecule has 0 spiro atoms. The van der Waals surface area contributed by atoms with Gasteiger partial charge in [0.2, 0.25) is 5.91 Å². The molecule has 0 saturated carbocycles. The van der Waals surface area contributed by atoms with Crippen molar-refractivity contribution in [3.05, 3.63) is 107 Å². The van der Waals surface area contributed by atoms with Crippen molar-refractivity contribution in [1.29, 1.82) is 0 Å². The number of benzene rings is 3. The summed E-state index contributed by atoms with van der Waals surface area (Å²) in [5.74, 6) is -0.705. The van der Waals surface area contributed by atoms with Crippen LogP contribution >= 0.6 is 0 Å². The number of fused-ring (bicyclic) bond motifs is 1. The van der Waals surface area contributed by atoms with Crippen molar-refractivity contribution in [3.63, 3.8) is 0 Å². The summed E-state index contributed by atoms with van der Waals surface area (Å²) in [5, 5.41) is 3.05. The number of amides is 3. The number of carbonyl (C=O) groups is 4. The fourth-order valence-corrected chi connectivity index (χ4v) is 6.45. The molecule has 8 heteroatoms. The summed E-state index contributed by atoms with van der Waals surface area (Å²) >= 11 is 0. The lowest BCUT2D eigenvalue weighted by atomic mass is 9.68. The largest absolute Gasteiger partial charge is 0.444 e. The van der Waals surface area contributed by atoms with Gasteiger partial charge in [0.15, 0.2) is 11.3 Å². The molecule has 45 heavy (non-hydrogen) atoms. The fraction of sp³-hybridized carbons (Fsp3) is 0.405. The van der Waals surface area contributed by atoms with Gasteiger partial charge < -0.3 is 15.0 Å². The molecule has 1 aliphatic carbocycles. The van der Waals surface area contributed by atoms with Crippen molar-refractivity contribution >= 4 is 23.7 Å². The van der Waals surface area contributed by atoms with Crippen LogP contribution in [-0.4, -0.2) is 64.8 Å². The van der Waals surface area contributed by atoms with E-state index in [4.69, 9.17) is 4.74 Å². The van der Waals surface area contributed by atoms with E-state index in [0.29, 0.717) is 37.8 Å². The minimum absolute atomic E-state index is 0.0311. The van der Waals surface area contributed by atoms with Crippen LogP contribution in [0, 0.1) is 0 Å². The Hall–Kier alpha value is -4.46. The normalized spacial score (nSPS) is 19.6. The van der Waals surface area contributed by atoms with Crippen LogP contribution in [0.5, 0.6) is 0 Å². The summed E-state index contributed by atoms with van der Waals surface area (Å²) in [6.07, 6.45) is 2.20. The second-order valence-electron chi connectivity index (χ2n) is 13.1. The van der Waals surface area contributed by atoms with Gasteiger partial charge in [0.1, 0.15) is 11.6 Å². The van der Waals surface area contributed by atoms with Gasteiger partial charge in [-0.1, -0.05) is 84.9 Å². The number of likely N-dealkylation sites (tertiary alicyclic amines) is 1. The molecule has 3 amide bonds. The van der Waals surface area contributed by atoms with E-state index in [2.05, 4.69) is 5.32 Å². The number of nitrogens with one attached hydrogen (secondary N) is 1. The molecule has 1 N–H and O–H groups in total. The molecule has 2 aliphatic rings. The Morgan fingerprint density at radius 3 is 2.20 bits per heavy atom. The number of nitrogens with zero attached hydrogens (tertiary/aromatic N) is 2. The summed E-state index contributed by atoms with van der Waals surface area (Å²) in [6.45, 7) is 5.79. The Kier molecular flexibility index (Phi) is 9.42. The summed E-state index contributed by atoms with van der Waals surface area (Å²) < 4.78 is 5.67. The maximum Gasteiger partial charge on any atom is 0.411 e. The van der Waals surface area contributed by atoms with Crippen molar-refractivity contribution < 1.29 is 23.9 Å². The predicted molar refractivity (Wildman–Crippen MR) is 172 cm³/mol. The van der Waals surface area contributed by atoms with Gasteiger partial charge in [-0.05, 0) is 62.3 Å². The quantitative estimate of drug-likeness (QED) is 0.340. The van der Waals surface area contributed by atoms with Crippen LogP contribution in [0.15, 0.2) is 84.9 Å². The highest BCUT2D eigenvalue weighted by Crippen LogP contribution is 2.44. The van der Waals surface area contributed by atoms with Crippen molar-refractivity contribution in [3.8, 4) is 0 Å². The highest BCUT2D eigenvalue weighted by atomic mass is 16.6. The number of Topliss-reactive ketones (excluding diaryl/α,β-unsaturated/α-hetero) is 1. The van der Waals surface area contributed by atoms with Crippen molar-refractivity contribution in [2.45, 2.75) is 82.5 Å². The first kappa shape index (κ1) is 31.9. The first-order valence-corrected chi connectivity index (χ1v) is 15.8. The van der Waals surface area contributed by atoms with E-state index in [1.165, 1.54) is 4.90 Å². The van der Waals surface area contributed by atoms with Crippen LogP contribution in [0.4, 0.5) is 4.79 Å². The Labute approximate surface area is 265 Å². The highest BCUT2D eigenvalue weighted by molar-refractivity contribution is 5.98. The lowest BCUT2D eigenvalue weighted by Crippen LogP contribution is -2.65. The van der Waals surface area contributed by atoms with Crippen molar-refractivity contribution in [2.24, 2.45) is 0 Å². The summed E-state index contributed by atoms with van der Waals surface area (Å²) in [5.41, 5.74) is 1.52. The molecule has 0 aromatic heterocycles. The Bertz CT molecular complexity index is 1530. The third-order valence-corrected chi connectivity index (χ3v) is 8.82. The highest BCUT2D eigenvalue weighted by Gasteiger charge is 2.55. The SMILES string of the molecule is CN(C(=O)OC(C)(C)C)C1(C(=O)NC(Cc2ccccc2)C(=O)N2CCC[C@@H]2C(=O)CCc2ccccc2)Cc2ccccc21. The number of hydrogen-bond donors (Lipinski definition) is 1. The van der Waals surface area contributed by atoms with Crippen LogP contribution < -0.4 is 5.32 Å². The predicted octanol–water partition coefficient (Wildman–Crippen LogP) is 5.23. The van der Waals surface area contributed by atoms with Crippen molar-refractivity contribution in [2.75, 3.05) is 13.6 Å². The molecule has 5 rings (SSSR count). The molecule has 1 heterocycles. The van der Waals surface area contributed by atoms with E-state index < -0.39 is 35.2 Å². The average molecular weight is 610 g/mol. The Balaban J connectivity index is 1.40. The molecule has 3 aromatic rings. The van der Waals surface area contributed by atoms with Gasteiger partial charge in [-0.2, -0.15) is 0 Å². The molecule has 2 unspecified atom stereocenters. The molecule has 236 valence electrons. The molecule has 3 aromatic carbocycles. The van der Waals surface area contributed by atoms with E-state index >= 15 is 0 Å². The first-order valence-electron chi connectivity index (χ1n) is 15.8. The maximum absolute atomic E-state index is 14.4. The molecule has 1 aliphatic heterocycles. The number of ether oxygens (including phenoxy) is 1. The smallest absolute Gasteiger partial charge is 0.411 e. The molecule has 0 radical (unpaired) electrons. The molecular formula is C37H43N3O5. The fourth-order valence-electron chi connectivity index (χ4n) is 6.45. The summed E-state index contributed by atoms with van der Waals surface area (Å²) in [4.78, 5) is 58.5. The molecule has 3 atom stereocenters. The van der Waals surface area contributed by atoms with Gasteiger partial charge >= 0.3 is 6.09 Å². The molecule has 1 fully saturated rings. The van der Waals surface area contributed by atoms with Gasteiger partial charge in [-0.3, -0.25) is 19.3 Å². The number of likely N-dealkylation sites (N-methyl/N-ethyl adjacent to an activating group) is 1. The monoisotopic (exact) mass is 609 g/mol. The number of rotatable bonds is 10. The summed E-state index contributed by atoms with van der Waals surface area (Å²) in [6, 6.07) is 25.4. The number of hydrogen-bond acceptors (Lipinski definition) is 5. The second-order valence-corrected chi connectivity index (χ2v) is 13.1. The molecule has 1 saturated heterocycles. The lowest BCUT2D eigenvalue weighted by molar-refractivity contribution is -0.144. The van der Waals surface area contributed by atoms with Crippen LogP contribution in [0.25, 0.3) is 0 Å². The zero-order chi connectivity index (χ0) is 32.2. The minimum atomic E-state index is -1.34. The zero-order valence-corrected chi connectivity index (χ0v) is 26.6. The standard InChI is InChI=1S/C37H43N3O5/c1-36(2,3)45-35(44)39(4)37(25-28-18-11-12-19-29(28)37)34(43)38-30(24-27-16-9-6-10-17-27)33(42)40-23-13-20-31(40)32(41)22-21-26-14-7-5-8-15-26/h5-12,14-19,30-31H,13,20-25H2,1-4H3,(H,38,43)/t30?,31-,37?/m1/s1. The maximum atomic E-state index is 14.4. The van der Waals surface area contributed by atoms with E-state index in [-0.39, 0.29) is 18.1 Å². The Morgan fingerprint density at radius 1 is 0.933 bits per heavy atom. The number of ketones is 1. The Morgan fingerprint density at radius 2 is 1.56 bits per heavy atom. The van der Waals surface area contributed by atoms with E-state index in [9.17, 15) is 19.2 Å². The van der Waals surface area contributed by atoms with Gasteiger partial charge in [0, 0.05) is 32.9 Å². The molecule has 8 nitrogen and oxygen atoms in total. The van der Waals surface area contributed by atoms with Gasteiger partial charge in [-0.25, -0.2) is 4.79 Å². The van der Waals surface area contributed by atoms with Crippen LogP contribution in [0.2, 0.25) is 0 Å². The average Bonchev–Trinajstić information content (AvgIpc) is 3.50. The zero-order valence-electron chi connectivity index (χ0n) is 26.6. The first-order chi connectivity index (χ1) is 21.5. The number of aryl methyl sites for hydroxylation is 1. The van der Waals surface area contributed by atoms with Gasteiger partial charge in [0.25, 0.3) is 5.91 Å². The molecule has 0 bridgehead atoms. The third-order valence-electron chi connectivity index (χ3n) is 8.82. The van der Waals surface area contributed by atoms with Crippen molar-refractivity contribution in [1.82, 2.24) is 15.1 Å². The van der Waals surface area contributed by atoms with E-state index in [1.807, 2.05) is 84.9 Å². The molecular weight excluding hydrogens is 566 g/mol. The van der Waals surface area contributed by atoms with Gasteiger partial charge in [0.05, 0.1) is 6.04 Å². The van der Waals surface area contributed by atoms with Gasteiger partial charge in [-0.15, -0.1) is 0 Å². The van der Waals surface area contributed by atoms with Crippen LogP contribution in [0.3, 0.4) is 0 Å². The second kappa shape index (κ2) is 13.3. The van der Waals surface area contributed by atoms with E-state index in [1.54, 1.807) is 32.7 Å². The topological polar surface area (TPSA) is 96.0 Å². The number of carbonyl (C=O) groups excluding carboxylic acids is 4. The van der Waals surface area contributed by atoms with Crippen LogP contribution in [-0.2, 0) is 43.9 Å². The summed E-state index contributed by atoms with van der Waals surface area (Å²) in [7, 11) is 1.57. The third kappa shape index (κ3) is 6.95. The lowest BCUT2D eigenvalue weighted by Gasteiger charge is -2.48. The minimum Gasteiger partial charge on any atom is -0.444 e. The van der Waals surface area contributed by atoms with E-state index in [0.717, 1.165) is 23.1 Å².